The van der Waals surface area contributed by atoms with Gasteiger partial charge in [0, 0.05) is 18.3 Å². The number of methoxy groups -OCH3 is 1. The molecule has 1 aromatic carbocycles. The largest absolute Gasteiger partial charge is 0.496 e. The van der Waals surface area contributed by atoms with Crippen LogP contribution in [0.25, 0.3) is 0 Å². The number of aromatic nitrogens is 2. The van der Waals surface area contributed by atoms with Crippen molar-refractivity contribution in [1.82, 2.24) is 15.1 Å². The number of benzene rings is 1. The topological polar surface area (TPSA) is 56.2 Å². The van der Waals surface area contributed by atoms with Gasteiger partial charge in [0.1, 0.15) is 5.75 Å². The Hall–Kier alpha value is -2.44. The van der Waals surface area contributed by atoms with Crippen LogP contribution in [0.3, 0.4) is 0 Å². The summed E-state index contributed by atoms with van der Waals surface area (Å²) in [6, 6.07) is 5.90. The molecule has 0 fully saturated rings. The van der Waals surface area contributed by atoms with Gasteiger partial charge in [0.05, 0.1) is 24.9 Å². The van der Waals surface area contributed by atoms with Gasteiger partial charge >= 0.3 is 0 Å². The van der Waals surface area contributed by atoms with Gasteiger partial charge in [0.25, 0.3) is 12.3 Å². The highest BCUT2D eigenvalue weighted by atomic mass is 19.3. The zero-order chi connectivity index (χ0) is 16.1. The van der Waals surface area contributed by atoms with Crippen molar-refractivity contribution in [3.8, 4) is 5.75 Å². The van der Waals surface area contributed by atoms with Gasteiger partial charge in [-0.3, -0.25) is 9.48 Å². The van der Waals surface area contributed by atoms with Crippen molar-refractivity contribution >= 4 is 5.91 Å². The molecule has 0 saturated heterocycles. The number of hydrogen-bond acceptors (Lipinski definition) is 3. The van der Waals surface area contributed by atoms with Gasteiger partial charge in [0.2, 0.25) is 0 Å². The van der Waals surface area contributed by atoms with E-state index in [1.807, 2.05) is 6.92 Å². The van der Waals surface area contributed by atoms with Crippen LogP contribution in [0.2, 0.25) is 0 Å². The third kappa shape index (κ3) is 3.24. The van der Waals surface area contributed by atoms with Crippen molar-refractivity contribution < 1.29 is 18.3 Å². The molecule has 0 unspecified atom stereocenters. The summed E-state index contributed by atoms with van der Waals surface area (Å²) in [5.41, 5.74) is 0.313. The van der Waals surface area contributed by atoms with Crippen LogP contribution in [-0.2, 0) is 13.1 Å². The molecule has 22 heavy (non-hydrogen) atoms. The predicted molar refractivity (Wildman–Crippen MR) is 77.0 cm³/mol. The molecule has 1 heterocycles. The number of halogens is 2. The van der Waals surface area contributed by atoms with E-state index in [4.69, 9.17) is 4.74 Å². The van der Waals surface area contributed by atoms with E-state index >= 15 is 0 Å². The number of aryl methyl sites for hydroxylation is 1. The minimum atomic E-state index is -2.75. The standard InChI is InChI=1S/C15H17F2N3O2/c1-3-20-10(7-8-19-20)9-18-15(21)13-11(14(16)17)5-4-6-12(13)22-2/h4-8,14H,3,9H2,1-2H3,(H,18,21). The third-order valence-corrected chi connectivity index (χ3v) is 3.27. The third-order valence-electron chi connectivity index (χ3n) is 3.27. The van der Waals surface area contributed by atoms with Crippen LogP contribution in [0.4, 0.5) is 8.78 Å². The number of ether oxygens (including phenoxy) is 1. The molecule has 1 aromatic heterocycles. The lowest BCUT2D eigenvalue weighted by Crippen LogP contribution is -2.26. The normalized spacial score (nSPS) is 10.8. The lowest BCUT2D eigenvalue weighted by molar-refractivity contribution is 0.0932. The summed E-state index contributed by atoms with van der Waals surface area (Å²) >= 11 is 0. The Balaban J connectivity index is 2.22. The molecule has 1 amide bonds. The molecule has 118 valence electrons. The van der Waals surface area contributed by atoms with E-state index in [-0.39, 0.29) is 23.4 Å². The highest BCUT2D eigenvalue weighted by Crippen LogP contribution is 2.29. The van der Waals surface area contributed by atoms with E-state index in [9.17, 15) is 13.6 Å². The number of carbonyl (C=O) groups is 1. The molecule has 0 atom stereocenters. The zero-order valence-electron chi connectivity index (χ0n) is 12.3. The Kier molecular flexibility index (Phi) is 5.08. The maximum atomic E-state index is 13.1. The Morgan fingerprint density at radius 1 is 1.41 bits per heavy atom. The summed E-state index contributed by atoms with van der Waals surface area (Å²) < 4.78 is 32.9. The molecule has 0 spiro atoms. The minimum absolute atomic E-state index is 0.124. The van der Waals surface area contributed by atoms with E-state index in [1.54, 1.807) is 16.9 Å². The van der Waals surface area contributed by atoms with Crippen molar-refractivity contribution in [2.24, 2.45) is 0 Å². The Bertz CT molecular complexity index is 656. The molecule has 0 aliphatic heterocycles. The number of carbonyl (C=O) groups excluding carboxylic acids is 1. The quantitative estimate of drug-likeness (QED) is 0.892. The highest BCUT2D eigenvalue weighted by Gasteiger charge is 2.22. The van der Waals surface area contributed by atoms with Crippen molar-refractivity contribution in [3.63, 3.8) is 0 Å². The first-order chi connectivity index (χ1) is 10.6. The van der Waals surface area contributed by atoms with Crippen LogP contribution >= 0.6 is 0 Å². The van der Waals surface area contributed by atoms with Gasteiger partial charge in [0.15, 0.2) is 0 Å². The van der Waals surface area contributed by atoms with Crippen LogP contribution in [0, 0.1) is 0 Å². The lowest BCUT2D eigenvalue weighted by atomic mass is 10.1. The van der Waals surface area contributed by atoms with Gasteiger partial charge < -0.3 is 10.1 Å². The SMILES string of the molecule is CCn1nccc1CNC(=O)c1c(OC)cccc1C(F)F. The van der Waals surface area contributed by atoms with E-state index < -0.39 is 12.3 Å². The van der Waals surface area contributed by atoms with Crippen LogP contribution in [0.15, 0.2) is 30.5 Å². The van der Waals surface area contributed by atoms with E-state index in [1.165, 1.54) is 25.3 Å². The first-order valence-corrected chi connectivity index (χ1v) is 6.82. The first-order valence-electron chi connectivity index (χ1n) is 6.82. The molecule has 2 aromatic rings. The lowest BCUT2D eigenvalue weighted by Gasteiger charge is -2.13. The Labute approximate surface area is 126 Å². The predicted octanol–water partition coefficient (Wildman–Crippen LogP) is 2.78. The minimum Gasteiger partial charge on any atom is -0.496 e. The first kappa shape index (κ1) is 15.9. The summed E-state index contributed by atoms with van der Waals surface area (Å²) in [5.74, 6) is -0.476. The van der Waals surface area contributed by atoms with Crippen LogP contribution in [0.1, 0.15) is 35.0 Å². The molecule has 0 bridgehead atoms. The summed E-state index contributed by atoms with van der Waals surface area (Å²) in [4.78, 5) is 12.3. The summed E-state index contributed by atoms with van der Waals surface area (Å²) in [6.45, 7) is 2.79. The highest BCUT2D eigenvalue weighted by molar-refractivity contribution is 5.98. The second-order valence-corrected chi connectivity index (χ2v) is 4.55. The number of amides is 1. The maximum Gasteiger partial charge on any atom is 0.264 e. The number of nitrogens with zero attached hydrogens (tertiary/aromatic N) is 2. The Morgan fingerprint density at radius 3 is 2.82 bits per heavy atom. The fourth-order valence-electron chi connectivity index (χ4n) is 2.20. The molecule has 5 nitrogen and oxygen atoms in total. The van der Waals surface area contributed by atoms with Gasteiger partial charge in [-0.2, -0.15) is 5.10 Å². The van der Waals surface area contributed by atoms with Gasteiger partial charge in [-0.15, -0.1) is 0 Å². The number of rotatable bonds is 6. The van der Waals surface area contributed by atoms with Gasteiger partial charge in [-0.25, -0.2) is 8.78 Å². The Morgan fingerprint density at radius 2 is 2.18 bits per heavy atom. The van der Waals surface area contributed by atoms with E-state index in [0.29, 0.717) is 6.54 Å². The molecule has 1 N–H and O–H groups in total. The average molecular weight is 309 g/mol. The fraction of sp³-hybridized carbons (Fsp3) is 0.333. The van der Waals surface area contributed by atoms with E-state index in [2.05, 4.69) is 10.4 Å². The fourth-order valence-corrected chi connectivity index (χ4v) is 2.20. The molecule has 2 rings (SSSR count). The van der Waals surface area contributed by atoms with Crippen LogP contribution in [-0.4, -0.2) is 22.8 Å². The molecule has 0 aliphatic rings. The van der Waals surface area contributed by atoms with Crippen LogP contribution in [0.5, 0.6) is 5.75 Å². The monoisotopic (exact) mass is 309 g/mol. The molecule has 0 radical (unpaired) electrons. The maximum absolute atomic E-state index is 13.1. The molecule has 0 aliphatic carbocycles. The molecular weight excluding hydrogens is 292 g/mol. The molecule has 7 heteroatoms. The van der Waals surface area contributed by atoms with Crippen molar-refractivity contribution in [2.75, 3.05) is 7.11 Å². The smallest absolute Gasteiger partial charge is 0.264 e. The van der Waals surface area contributed by atoms with Gasteiger partial charge in [-0.1, -0.05) is 12.1 Å². The number of alkyl halides is 2. The second-order valence-electron chi connectivity index (χ2n) is 4.55. The van der Waals surface area contributed by atoms with Crippen molar-refractivity contribution in [2.45, 2.75) is 26.4 Å². The molecule has 0 saturated carbocycles. The summed E-state index contributed by atoms with van der Waals surface area (Å²) in [6.07, 6.45) is -1.13. The zero-order valence-corrected chi connectivity index (χ0v) is 12.3. The van der Waals surface area contributed by atoms with Gasteiger partial charge in [-0.05, 0) is 19.1 Å². The second kappa shape index (κ2) is 7.02. The van der Waals surface area contributed by atoms with E-state index in [0.717, 1.165) is 5.69 Å². The average Bonchev–Trinajstić information content (AvgIpc) is 2.99. The van der Waals surface area contributed by atoms with Crippen LogP contribution < -0.4 is 10.1 Å². The number of nitrogens with one attached hydrogen (secondary N) is 1. The van der Waals surface area contributed by atoms with Crippen molar-refractivity contribution in [3.05, 3.63) is 47.3 Å². The summed E-state index contributed by atoms with van der Waals surface area (Å²) in [5, 5.41) is 6.72. The molecular formula is C15H17F2N3O2. The number of hydrogen-bond donors (Lipinski definition) is 1. The summed E-state index contributed by atoms with van der Waals surface area (Å²) in [7, 11) is 1.34. The van der Waals surface area contributed by atoms with Crippen molar-refractivity contribution in [1.29, 1.82) is 0 Å².